The molecule has 1 heterocycles. The van der Waals surface area contributed by atoms with E-state index < -0.39 is 0 Å². The number of benzene rings is 1. The number of carbonyl (C=O) groups excluding carboxylic acids is 1. The van der Waals surface area contributed by atoms with E-state index in [4.69, 9.17) is 0 Å². The third kappa shape index (κ3) is 1.81. The van der Waals surface area contributed by atoms with Crippen molar-refractivity contribution >= 4 is 5.91 Å². The van der Waals surface area contributed by atoms with Crippen molar-refractivity contribution in [1.82, 2.24) is 4.90 Å². The molecule has 0 saturated heterocycles. The average molecular weight is 255 g/mol. The Bertz CT molecular complexity index is 520. The monoisotopic (exact) mass is 255 g/mol. The number of hydrogen-bond donors (Lipinski definition) is 0. The van der Waals surface area contributed by atoms with Crippen molar-refractivity contribution in [1.29, 1.82) is 0 Å². The van der Waals surface area contributed by atoms with Crippen molar-refractivity contribution in [2.24, 2.45) is 0 Å². The summed E-state index contributed by atoms with van der Waals surface area (Å²) in [6.07, 6.45) is 10.1. The van der Waals surface area contributed by atoms with Crippen molar-refractivity contribution in [2.75, 3.05) is 6.54 Å². The Kier molecular flexibility index (Phi) is 3.17. The van der Waals surface area contributed by atoms with Gasteiger partial charge in [0.15, 0.2) is 0 Å². The molecule has 0 saturated carbocycles. The molecule has 19 heavy (non-hydrogen) atoms. The summed E-state index contributed by atoms with van der Waals surface area (Å²) in [5.41, 5.74) is 1.97. The predicted octanol–water partition coefficient (Wildman–Crippen LogP) is 3.88. The van der Waals surface area contributed by atoms with E-state index in [0.717, 1.165) is 37.8 Å². The molecule has 2 heteroatoms. The summed E-state index contributed by atoms with van der Waals surface area (Å²) in [7, 11) is 0. The summed E-state index contributed by atoms with van der Waals surface area (Å²) >= 11 is 0. The summed E-state index contributed by atoms with van der Waals surface area (Å²) in [6.45, 7) is 3.05. The number of carbonyl (C=O) groups is 1. The van der Waals surface area contributed by atoms with Crippen LogP contribution in [0.2, 0.25) is 0 Å². The quantitative estimate of drug-likeness (QED) is 0.751. The second-order valence-electron chi connectivity index (χ2n) is 5.57. The molecule has 1 atom stereocenters. The molecule has 1 amide bonds. The molecule has 1 unspecified atom stereocenters. The lowest BCUT2D eigenvalue weighted by Gasteiger charge is -2.39. The van der Waals surface area contributed by atoms with Crippen LogP contribution in [0.5, 0.6) is 0 Å². The first-order valence-corrected chi connectivity index (χ1v) is 7.39. The summed E-state index contributed by atoms with van der Waals surface area (Å²) in [4.78, 5) is 14.8. The second-order valence-corrected chi connectivity index (χ2v) is 5.57. The smallest absolute Gasteiger partial charge is 0.255 e. The zero-order valence-electron chi connectivity index (χ0n) is 11.6. The van der Waals surface area contributed by atoms with Crippen LogP contribution in [-0.2, 0) is 5.54 Å². The molecule has 0 aromatic heterocycles. The van der Waals surface area contributed by atoms with E-state index in [-0.39, 0.29) is 11.4 Å². The minimum Gasteiger partial charge on any atom is -0.325 e. The van der Waals surface area contributed by atoms with Crippen molar-refractivity contribution in [3.8, 4) is 0 Å². The normalized spacial score (nSPS) is 25.1. The lowest BCUT2D eigenvalue weighted by Crippen LogP contribution is -2.43. The molecule has 1 aromatic carbocycles. The Morgan fingerprint density at radius 3 is 2.89 bits per heavy atom. The molecule has 1 aliphatic heterocycles. The van der Waals surface area contributed by atoms with Gasteiger partial charge in [0.05, 0.1) is 5.54 Å². The number of allylic oxidation sites excluding steroid dienone is 1. The minimum atomic E-state index is -0.152. The number of nitrogens with zero attached hydrogens (tertiary/aromatic N) is 1. The van der Waals surface area contributed by atoms with E-state index in [1.807, 2.05) is 12.1 Å². The summed E-state index contributed by atoms with van der Waals surface area (Å²) in [6, 6.07) is 8.14. The maximum Gasteiger partial charge on any atom is 0.255 e. The highest BCUT2D eigenvalue weighted by Gasteiger charge is 2.47. The average Bonchev–Trinajstić information content (AvgIpc) is 2.68. The number of rotatable bonds is 3. The van der Waals surface area contributed by atoms with Crippen LogP contribution in [0.25, 0.3) is 0 Å². The maximum atomic E-state index is 12.7. The summed E-state index contributed by atoms with van der Waals surface area (Å²) in [5, 5.41) is 0. The first-order chi connectivity index (χ1) is 9.29. The highest BCUT2D eigenvalue weighted by Crippen LogP contribution is 2.45. The van der Waals surface area contributed by atoms with Gasteiger partial charge in [0.1, 0.15) is 0 Å². The number of hydrogen-bond acceptors (Lipinski definition) is 1. The molecule has 0 bridgehead atoms. The molecular formula is C17H21NO. The van der Waals surface area contributed by atoms with Gasteiger partial charge in [-0.3, -0.25) is 4.79 Å². The molecule has 1 aliphatic carbocycles. The fourth-order valence-electron chi connectivity index (χ4n) is 3.44. The highest BCUT2D eigenvalue weighted by atomic mass is 16.2. The molecule has 1 aromatic rings. The largest absolute Gasteiger partial charge is 0.325 e. The van der Waals surface area contributed by atoms with Gasteiger partial charge in [-0.05, 0) is 37.3 Å². The predicted molar refractivity (Wildman–Crippen MR) is 77.1 cm³/mol. The minimum absolute atomic E-state index is 0.152. The summed E-state index contributed by atoms with van der Waals surface area (Å²) in [5.74, 6) is 0.218. The molecular weight excluding hydrogens is 234 g/mol. The van der Waals surface area contributed by atoms with E-state index in [9.17, 15) is 4.79 Å². The van der Waals surface area contributed by atoms with Gasteiger partial charge in [-0.25, -0.2) is 0 Å². The number of unbranched alkanes of at least 4 members (excludes halogenated alkanes) is 1. The Balaban J connectivity index is 2.08. The van der Waals surface area contributed by atoms with Crippen LogP contribution >= 0.6 is 0 Å². The SMILES string of the molecule is CCCCN1C(=O)c2ccccc2C12C=CCCC2. The van der Waals surface area contributed by atoms with Crippen LogP contribution in [0.15, 0.2) is 36.4 Å². The van der Waals surface area contributed by atoms with Gasteiger partial charge in [-0.1, -0.05) is 43.7 Å². The van der Waals surface area contributed by atoms with E-state index >= 15 is 0 Å². The van der Waals surface area contributed by atoms with Gasteiger partial charge in [-0.2, -0.15) is 0 Å². The van der Waals surface area contributed by atoms with Crippen LogP contribution in [0, 0.1) is 0 Å². The molecule has 3 rings (SSSR count). The van der Waals surface area contributed by atoms with E-state index in [1.54, 1.807) is 0 Å². The van der Waals surface area contributed by atoms with Crippen LogP contribution in [0.4, 0.5) is 0 Å². The van der Waals surface area contributed by atoms with Crippen LogP contribution in [0.1, 0.15) is 54.9 Å². The summed E-state index contributed by atoms with van der Waals surface area (Å²) < 4.78 is 0. The molecule has 100 valence electrons. The van der Waals surface area contributed by atoms with Gasteiger partial charge < -0.3 is 4.90 Å². The molecule has 2 nitrogen and oxygen atoms in total. The Morgan fingerprint density at radius 1 is 1.32 bits per heavy atom. The Labute approximate surface area is 115 Å². The van der Waals surface area contributed by atoms with Gasteiger partial charge in [0, 0.05) is 12.1 Å². The van der Waals surface area contributed by atoms with E-state index in [0.29, 0.717) is 0 Å². The molecule has 0 radical (unpaired) electrons. The maximum absolute atomic E-state index is 12.7. The third-order valence-corrected chi connectivity index (χ3v) is 4.41. The second kappa shape index (κ2) is 4.84. The Hall–Kier alpha value is -1.57. The standard InChI is InChI=1S/C17H21NO/c1-2-3-13-18-16(19)14-9-5-6-10-15(14)17(18)11-7-4-8-12-17/h5-7,9-11H,2-4,8,12-13H2,1H3. The van der Waals surface area contributed by atoms with Crippen molar-refractivity contribution in [2.45, 2.75) is 44.6 Å². The van der Waals surface area contributed by atoms with Crippen LogP contribution < -0.4 is 0 Å². The third-order valence-electron chi connectivity index (χ3n) is 4.41. The van der Waals surface area contributed by atoms with Gasteiger partial charge in [0.25, 0.3) is 5.91 Å². The van der Waals surface area contributed by atoms with Gasteiger partial charge in [-0.15, -0.1) is 0 Å². The van der Waals surface area contributed by atoms with Gasteiger partial charge in [0.2, 0.25) is 0 Å². The first kappa shape index (κ1) is 12.5. The molecule has 1 spiro atoms. The zero-order chi connectivity index (χ0) is 13.3. The Morgan fingerprint density at radius 2 is 2.16 bits per heavy atom. The number of fused-ring (bicyclic) bond motifs is 2. The van der Waals surface area contributed by atoms with Crippen molar-refractivity contribution < 1.29 is 4.79 Å². The lowest BCUT2D eigenvalue weighted by atomic mass is 9.81. The van der Waals surface area contributed by atoms with Gasteiger partial charge >= 0.3 is 0 Å². The zero-order valence-corrected chi connectivity index (χ0v) is 11.6. The lowest BCUT2D eigenvalue weighted by molar-refractivity contribution is 0.0605. The molecule has 0 fully saturated rings. The molecule has 2 aliphatic rings. The fraction of sp³-hybridized carbons (Fsp3) is 0.471. The van der Waals surface area contributed by atoms with Crippen LogP contribution in [-0.4, -0.2) is 17.4 Å². The van der Waals surface area contributed by atoms with Crippen molar-refractivity contribution in [3.05, 3.63) is 47.5 Å². The van der Waals surface area contributed by atoms with E-state index in [1.165, 1.54) is 12.0 Å². The van der Waals surface area contributed by atoms with Crippen molar-refractivity contribution in [3.63, 3.8) is 0 Å². The van der Waals surface area contributed by atoms with E-state index in [2.05, 4.69) is 36.1 Å². The molecule has 0 N–H and O–H groups in total. The topological polar surface area (TPSA) is 20.3 Å². The highest BCUT2D eigenvalue weighted by molar-refractivity contribution is 6.00. The van der Waals surface area contributed by atoms with Crippen LogP contribution in [0.3, 0.4) is 0 Å². The number of amides is 1. The first-order valence-electron chi connectivity index (χ1n) is 7.39. The fourth-order valence-corrected chi connectivity index (χ4v) is 3.44.